The maximum Gasteiger partial charge on any atom is 0.323 e. The first-order valence-electron chi connectivity index (χ1n) is 7.44. The van der Waals surface area contributed by atoms with Crippen LogP contribution in [0.5, 0.6) is 23.0 Å². The van der Waals surface area contributed by atoms with Crippen molar-refractivity contribution in [2.75, 3.05) is 0 Å². The van der Waals surface area contributed by atoms with Crippen molar-refractivity contribution in [3.63, 3.8) is 0 Å². The summed E-state index contributed by atoms with van der Waals surface area (Å²) in [5.41, 5.74) is 0.184. The molecule has 6 N–H and O–H groups in total. The molecule has 2 rings (SSSR count). The second-order valence-corrected chi connectivity index (χ2v) is 5.64. The van der Waals surface area contributed by atoms with Gasteiger partial charge in [-0.3, -0.25) is 4.79 Å². The van der Waals surface area contributed by atoms with E-state index in [1.165, 1.54) is 37.3 Å². The average Bonchev–Trinajstić information content (AvgIpc) is 2.53. The summed E-state index contributed by atoms with van der Waals surface area (Å²) in [5, 5.41) is 59.1. The first kappa shape index (κ1) is 18.4. The summed E-state index contributed by atoms with van der Waals surface area (Å²) in [6.45, 7) is 1.42. The first-order chi connectivity index (χ1) is 11.7. The molecule has 0 aliphatic heterocycles. The minimum absolute atomic E-state index is 0.0221. The highest BCUT2D eigenvalue weighted by molar-refractivity contribution is 5.74. The van der Waals surface area contributed by atoms with Crippen LogP contribution in [0.25, 0.3) is 0 Å². The van der Waals surface area contributed by atoms with Crippen LogP contribution >= 0.6 is 0 Å². The van der Waals surface area contributed by atoms with Crippen LogP contribution in [0.1, 0.15) is 24.1 Å². The smallest absolute Gasteiger partial charge is 0.323 e. The Morgan fingerprint density at radius 2 is 1.64 bits per heavy atom. The van der Waals surface area contributed by atoms with E-state index in [1.807, 2.05) is 0 Å². The van der Waals surface area contributed by atoms with Gasteiger partial charge in [0.2, 0.25) is 0 Å². The molecule has 0 amide bonds. The number of rotatable bonds is 6. The Balaban J connectivity index is 2.31. The van der Waals surface area contributed by atoms with Crippen molar-refractivity contribution in [1.82, 2.24) is 5.06 Å². The van der Waals surface area contributed by atoms with E-state index in [0.29, 0.717) is 5.06 Å². The Labute approximate surface area is 143 Å². The lowest BCUT2D eigenvalue weighted by Crippen LogP contribution is -2.42. The van der Waals surface area contributed by atoms with Crippen LogP contribution in [-0.4, -0.2) is 47.8 Å². The molecule has 0 bridgehead atoms. The minimum atomic E-state index is -1.47. The lowest BCUT2D eigenvalue weighted by Gasteiger charge is -2.29. The Bertz CT molecular complexity index is 757. The number of carbonyl (C=O) groups is 1. The van der Waals surface area contributed by atoms with Gasteiger partial charge in [-0.15, -0.1) is 0 Å². The molecule has 8 nitrogen and oxygen atoms in total. The summed E-state index contributed by atoms with van der Waals surface area (Å²) in [6.07, 6.45) is -0.267. The van der Waals surface area contributed by atoms with Gasteiger partial charge >= 0.3 is 5.97 Å². The van der Waals surface area contributed by atoms with E-state index in [1.54, 1.807) is 0 Å². The van der Waals surface area contributed by atoms with E-state index in [-0.39, 0.29) is 40.5 Å². The Hall–Kier alpha value is -2.97. The third kappa shape index (κ3) is 3.93. The van der Waals surface area contributed by atoms with E-state index < -0.39 is 18.1 Å². The molecular weight excluding hydrogens is 330 g/mol. The summed E-state index contributed by atoms with van der Waals surface area (Å²) in [4.78, 5) is 11.6. The predicted octanol–water partition coefficient (Wildman–Crippen LogP) is 1.96. The molecule has 0 heterocycles. The monoisotopic (exact) mass is 349 g/mol. The van der Waals surface area contributed by atoms with Crippen molar-refractivity contribution < 1.29 is 35.5 Å². The zero-order chi connectivity index (χ0) is 18.7. The number of nitrogens with zero attached hydrogens (tertiary/aromatic N) is 1. The molecule has 25 heavy (non-hydrogen) atoms. The number of carboxylic acid groups (broad SMARTS) is 1. The molecule has 8 heteroatoms. The van der Waals surface area contributed by atoms with Gasteiger partial charge in [0.25, 0.3) is 0 Å². The largest absolute Gasteiger partial charge is 0.508 e. The van der Waals surface area contributed by atoms with Crippen LogP contribution in [0.15, 0.2) is 36.4 Å². The normalized spacial score (nSPS) is 13.6. The van der Waals surface area contributed by atoms with Crippen LogP contribution in [0, 0.1) is 0 Å². The van der Waals surface area contributed by atoms with E-state index in [4.69, 9.17) is 0 Å². The fourth-order valence-corrected chi connectivity index (χ4v) is 2.60. The van der Waals surface area contributed by atoms with Crippen molar-refractivity contribution in [2.24, 2.45) is 0 Å². The van der Waals surface area contributed by atoms with E-state index >= 15 is 0 Å². The maximum atomic E-state index is 11.6. The number of benzene rings is 2. The molecule has 2 aromatic carbocycles. The number of hydrogen-bond donors (Lipinski definition) is 6. The second kappa shape index (κ2) is 7.29. The van der Waals surface area contributed by atoms with Gasteiger partial charge < -0.3 is 30.7 Å². The van der Waals surface area contributed by atoms with Crippen molar-refractivity contribution in [3.8, 4) is 23.0 Å². The highest BCUT2D eigenvalue weighted by Gasteiger charge is 2.32. The average molecular weight is 349 g/mol. The number of hydrogen-bond acceptors (Lipinski definition) is 7. The lowest BCUT2D eigenvalue weighted by atomic mass is 10.0. The fourth-order valence-electron chi connectivity index (χ4n) is 2.60. The third-order valence-electron chi connectivity index (χ3n) is 3.96. The minimum Gasteiger partial charge on any atom is -0.508 e. The first-order valence-corrected chi connectivity index (χ1v) is 7.44. The molecule has 0 aromatic heterocycles. The molecular formula is C17H19NO7. The molecule has 2 atom stereocenters. The quantitative estimate of drug-likeness (QED) is 0.435. The molecule has 0 radical (unpaired) electrons. The topological polar surface area (TPSA) is 142 Å². The number of carboxylic acids is 1. The van der Waals surface area contributed by atoms with Crippen LogP contribution < -0.4 is 0 Å². The van der Waals surface area contributed by atoms with Gasteiger partial charge in [0.1, 0.15) is 29.0 Å². The van der Waals surface area contributed by atoms with Crippen molar-refractivity contribution in [3.05, 3.63) is 47.5 Å². The summed E-state index contributed by atoms with van der Waals surface area (Å²) >= 11 is 0. The van der Waals surface area contributed by atoms with Gasteiger partial charge in [-0.05, 0) is 30.7 Å². The predicted molar refractivity (Wildman–Crippen MR) is 86.7 cm³/mol. The van der Waals surface area contributed by atoms with Crippen LogP contribution in [0.2, 0.25) is 0 Å². The van der Waals surface area contributed by atoms with Gasteiger partial charge in [0.15, 0.2) is 0 Å². The molecule has 0 fully saturated rings. The molecule has 0 aliphatic carbocycles. The fraction of sp³-hybridized carbons (Fsp3) is 0.235. The van der Waals surface area contributed by atoms with Gasteiger partial charge in [0, 0.05) is 12.5 Å². The molecule has 134 valence electrons. The van der Waals surface area contributed by atoms with E-state index in [9.17, 15) is 35.5 Å². The van der Waals surface area contributed by atoms with Crippen molar-refractivity contribution in [1.29, 1.82) is 0 Å². The van der Waals surface area contributed by atoms with Gasteiger partial charge in [-0.1, -0.05) is 12.1 Å². The molecule has 2 unspecified atom stereocenters. The molecule has 0 spiro atoms. The summed E-state index contributed by atoms with van der Waals surface area (Å²) in [5.74, 6) is -2.43. The summed E-state index contributed by atoms with van der Waals surface area (Å²) < 4.78 is 0. The maximum absolute atomic E-state index is 11.6. The van der Waals surface area contributed by atoms with Gasteiger partial charge in [-0.25, -0.2) is 0 Å². The molecule has 0 saturated carbocycles. The number of aromatic hydroxyl groups is 4. The Morgan fingerprint density at radius 3 is 2.16 bits per heavy atom. The number of aliphatic carboxylic acids is 1. The number of phenolic OH excluding ortho intramolecular Hbond substituents is 4. The van der Waals surface area contributed by atoms with E-state index in [0.717, 1.165) is 6.07 Å². The zero-order valence-electron chi connectivity index (χ0n) is 13.4. The SMILES string of the molecule is CC(c1c(O)cccc1O)N(O)C(Cc1ccc(O)cc1O)C(=O)O. The van der Waals surface area contributed by atoms with Crippen LogP contribution in [-0.2, 0) is 11.2 Å². The summed E-state index contributed by atoms with van der Waals surface area (Å²) in [6, 6.07) is 5.21. The summed E-state index contributed by atoms with van der Waals surface area (Å²) in [7, 11) is 0. The highest BCUT2D eigenvalue weighted by Crippen LogP contribution is 2.36. The van der Waals surface area contributed by atoms with E-state index in [2.05, 4.69) is 0 Å². The standard InChI is InChI=1S/C17H19NO7/c1-9(16-13(20)3-2-4-14(16)21)18(25)12(17(23)24)7-10-5-6-11(19)8-15(10)22/h2-6,8-9,12,19-22,25H,7H2,1H3,(H,23,24). The number of hydroxylamine groups is 2. The Kier molecular flexibility index (Phi) is 5.35. The van der Waals surface area contributed by atoms with Crippen LogP contribution in [0.3, 0.4) is 0 Å². The second-order valence-electron chi connectivity index (χ2n) is 5.64. The van der Waals surface area contributed by atoms with Crippen molar-refractivity contribution in [2.45, 2.75) is 25.4 Å². The van der Waals surface area contributed by atoms with Gasteiger partial charge in [0.05, 0.1) is 11.6 Å². The van der Waals surface area contributed by atoms with Gasteiger partial charge in [-0.2, -0.15) is 5.06 Å². The molecule has 2 aromatic rings. The Morgan fingerprint density at radius 1 is 1.04 bits per heavy atom. The molecule has 0 saturated heterocycles. The number of phenols is 4. The third-order valence-corrected chi connectivity index (χ3v) is 3.96. The van der Waals surface area contributed by atoms with Crippen LogP contribution in [0.4, 0.5) is 0 Å². The zero-order valence-corrected chi connectivity index (χ0v) is 13.4. The lowest BCUT2D eigenvalue weighted by molar-refractivity contribution is -0.183. The van der Waals surface area contributed by atoms with Crippen molar-refractivity contribution >= 4 is 5.97 Å². The molecule has 0 aliphatic rings. The highest BCUT2D eigenvalue weighted by atomic mass is 16.5.